The van der Waals surface area contributed by atoms with Crippen LogP contribution in [-0.2, 0) is 20.9 Å². The summed E-state index contributed by atoms with van der Waals surface area (Å²) in [5.74, 6) is -2.26. The van der Waals surface area contributed by atoms with Gasteiger partial charge in [-0.25, -0.2) is 13.5 Å². The van der Waals surface area contributed by atoms with E-state index in [9.17, 15) is 18.4 Å². The Morgan fingerprint density at radius 1 is 1.03 bits per heavy atom. The Morgan fingerprint density at radius 3 is 2.49 bits per heavy atom. The summed E-state index contributed by atoms with van der Waals surface area (Å²) >= 11 is 0. The molecule has 1 unspecified atom stereocenters. The first-order chi connectivity index (χ1) is 17.0. The predicted octanol–water partition coefficient (Wildman–Crippen LogP) is 3.56. The number of rotatable bonds is 9. The highest BCUT2D eigenvalue weighted by atomic mass is 19.1. The van der Waals surface area contributed by atoms with E-state index >= 15 is 0 Å². The SMILES string of the molecule is COCCN(C(=O)Cn1nnc2ccccc21)C(C(=O)Nc1ccc(F)cc1)c1ccccc1F. The van der Waals surface area contributed by atoms with Gasteiger partial charge in [0.15, 0.2) is 0 Å². The van der Waals surface area contributed by atoms with E-state index in [4.69, 9.17) is 4.74 Å². The van der Waals surface area contributed by atoms with Crippen molar-refractivity contribution in [2.24, 2.45) is 0 Å². The van der Waals surface area contributed by atoms with E-state index in [0.717, 1.165) is 0 Å². The molecule has 3 aromatic carbocycles. The summed E-state index contributed by atoms with van der Waals surface area (Å²) in [6, 6.07) is 16.7. The van der Waals surface area contributed by atoms with E-state index in [1.165, 1.54) is 59.2 Å². The Morgan fingerprint density at radius 2 is 1.74 bits per heavy atom. The number of hydrogen-bond acceptors (Lipinski definition) is 5. The maximum Gasteiger partial charge on any atom is 0.251 e. The maximum atomic E-state index is 14.9. The molecule has 0 fully saturated rings. The molecule has 1 N–H and O–H groups in total. The average Bonchev–Trinajstić information content (AvgIpc) is 3.26. The highest BCUT2D eigenvalue weighted by molar-refractivity contribution is 5.98. The normalized spacial score (nSPS) is 11.9. The van der Waals surface area contributed by atoms with E-state index in [1.54, 1.807) is 24.3 Å². The minimum atomic E-state index is -1.32. The molecule has 0 saturated carbocycles. The van der Waals surface area contributed by atoms with Crippen LogP contribution < -0.4 is 5.32 Å². The van der Waals surface area contributed by atoms with Gasteiger partial charge in [-0.1, -0.05) is 35.5 Å². The fraction of sp³-hybridized carbons (Fsp3) is 0.200. The number of carbonyl (C=O) groups excluding carboxylic acids is 2. The molecule has 0 saturated heterocycles. The van der Waals surface area contributed by atoms with E-state index in [2.05, 4.69) is 15.6 Å². The van der Waals surface area contributed by atoms with Gasteiger partial charge < -0.3 is 15.0 Å². The van der Waals surface area contributed by atoms with Crippen molar-refractivity contribution < 1.29 is 23.1 Å². The van der Waals surface area contributed by atoms with Gasteiger partial charge in [-0.15, -0.1) is 5.10 Å². The standard InChI is InChI=1S/C25H23F2N5O3/c1-35-15-14-31(23(33)16-32-22-9-5-4-8-21(22)29-30-32)24(19-6-2-3-7-20(19)27)25(34)28-18-12-10-17(26)11-13-18/h2-13,24H,14-16H2,1H3,(H,28,34). The number of ether oxygens (including phenoxy) is 1. The molecule has 1 atom stereocenters. The smallest absolute Gasteiger partial charge is 0.251 e. The van der Waals surface area contributed by atoms with Crippen LogP contribution in [0.2, 0.25) is 0 Å². The molecule has 0 aliphatic heterocycles. The largest absolute Gasteiger partial charge is 0.383 e. The topological polar surface area (TPSA) is 89.3 Å². The van der Waals surface area contributed by atoms with Gasteiger partial charge in [-0.05, 0) is 42.5 Å². The maximum absolute atomic E-state index is 14.9. The number of fused-ring (bicyclic) bond motifs is 1. The molecule has 0 radical (unpaired) electrons. The van der Waals surface area contributed by atoms with Gasteiger partial charge in [0.2, 0.25) is 5.91 Å². The Balaban J connectivity index is 1.69. The third-order valence-electron chi connectivity index (χ3n) is 5.43. The van der Waals surface area contributed by atoms with Gasteiger partial charge in [-0.2, -0.15) is 0 Å². The van der Waals surface area contributed by atoms with Crippen LogP contribution in [0.3, 0.4) is 0 Å². The number of anilines is 1. The molecule has 1 heterocycles. The number of nitrogens with zero attached hydrogens (tertiary/aromatic N) is 4. The summed E-state index contributed by atoms with van der Waals surface area (Å²) in [4.78, 5) is 28.2. The lowest BCUT2D eigenvalue weighted by atomic mass is 10.0. The average molecular weight is 479 g/mol. The first-order valence-electron chi connectivity index (χ1n) is 10.9. The van der Waals surface area contributed by atoms with Gasteiger partial charge in [0.05, 0.1) is 12.1 Å². The van der Waals surface area contributed by atoms with Crippen LogP contribution >= 0.6 is 0 Å². The molecule has 180 valence electrons. The summed E-state index contributed by atoms with van der Waals surface area (Å²) in [6.07, 6.45) is 0. The van der Waals surface area contributed by atoms with Gasteiger partial charge >= 0.3 is 0 Å². The second kappa shape index (κ2) is 10.8. The molecule has 0 aliphatic carbocycles. The molecule has 4 aromatic rings. The fourth-order valence-electron chi connectivity index (χ4n) is 3.73. The van der Waals surface area contributed by atoms with Crippen molar-refractivity contribution in [2.45, 2.75) is 12.6 Å². The van der Waals surface area contributed by atoms with Crippen LogP contribution in [0, 0.1) is 11.6 Å². The van der Waals surface area contributed by atoms with Crippen molar-refractivity contribution >= 4 is 28.5 Å². The van der Waals surface area contributed by atoms with Gasteiger partial charge in [-0.3, -0.25) is 9.59 Å². The Hall–Kier alpha value is -4.18. The quantitative estimate of drug-likeness (QED) is 0.397. The monoisotopic (exact) mass is 479 g/mol. The number of amides is 2. The van der Waals surface area contributed by atoms with Crippen LogP contribution in [0.1, 0.15) is 11.6 Å². The van der Waals surface area contributed by atoms with Crippen molar-refractivity contribution in [1.82, 2.24) is 19.9 Å². The molecule has 0 bridgehead atoms. The lowest BCUT2D eigenvalue weighted by molar-refractivity contribution is -0.140. The summed E-state index contributed by atoms with van der Waals surface area (Å²) in [5, 5.41) is 10.8. The van der Waals surface area contributed by atoms with E-state index in [0.29, 0.717) is 16.7 Å². The number of nitrogens with one attached hydrogen (secondary N) is 1. The molecular formula is C25H23F2N5O3. The summed E-state index contributed by atoms with van der Waals surface area (Å²) in [5.41, 5.74) is 1.58. The second-order valence-corrected chi connectivity index (χ2v) is 7.74. The third kappa shape index (κ3) is 5.49. The summed E-state index contributed by atoms with van der Waals surface area (Å²) < 4.78 is 34.8. The molecule has 0 spiro atoms. The number of hydrogen-bond donors (Lipinski definition) is 1. The van der Waals surface area contributed by atoms with Gasteiger partial charge in [0.1, 0.15) is 29.7 Å². The summed E-state index contributed by atoms with van der Waals surface area (Å²) in [6.45, 7) is -0.102. The number of benzene rings is 3. The summed E-state index contributed by atoms with van der Waals surface area (Å²) in [7, 11) is 1.46. The molecule has 8 nitrogen and oxygen atoms in total. The molecule has 10 heteroatoms. The van der Waals surface area contributed by atoms with Crippen LogP contribution in [0.5, 0.6) is 0 Å². The second-order valence-electron chi connectivity index (χ2n) is 7.74. The molecule has 2 amide bonds. The third-order valence-corrected chi connectivity index (χ3v) is 5.43. The molecule has 35 heavy (non-hydrogen) atoms. The molecule has 0 aliphatic rings. The molecule has 1 aromatic heterocycles. The van der Waals surface area contributed by atoms with Crippen LogP contribution in [-0.4, -0.2) is 52.0 Å². The minimum absolute atomic E-state index is 0.0117. The van der Waals surface area contributed by atoms with E-state index in [-0.39, 0.29) is 25.3 Å². The van der Waals surface area contributed by atoms with Crippen molar-refractivity contribution in [3.8, 4) is 0 Å². The fourth-order valence-corrected chi connectivity index (χ4v) is 3.73. The minimum Gasteiger partial charge on any atom is -0.383 e. The van der Waals surface area contributed by atoms with Crippen molar-refractivity contribution in [3.05, 3.63) is 90.0 Å². The first kappa shape index (κ1) is 24.0. The predicted molar refractivity (Wildman–Crippen MR) is 125 cm³/mol. The number of para-hydroxylation sites is 1. The zero-order valence-electron chi connectivity index (χ0n) is 18.9. The Labute approximate surface area is 200 Å². The number of aromatic nitrogens is 3. The van der Waals surface area contributed by atoms with Gasteiger partial charge in [0, 0.05) is 24.9 Å². The van der Waals surface area contributed by atoms with Crippen LogP contribution in [0.25, 0.3) is 11.0 Å². The zero-order chi connectivity index (χ0) is 24.8. The van der Waals surface area contributed by atoms with Gasteiger partial charge in [0.25, 0.3) is 5.91 Å². The van der Waals surface area contributed by atoms with E-state index in [1.807, 2.05) is 6.07 Å². The molecular weight excluding hydrogens is 456 g/mol. The number of carbonyl (C=O) groups is 2. The lowest BCUT2D eigenvalue weighted by Crippen LogP contribution is -2.44. The van der Waals surface area contributed by atoms with Crippen LogP contribution in [0.15, 0.2) is 72.8 Å². The zero-order valence-corrected chi connectivity index (χ0v) is 18.9. The van der Waals surface area contributed by atoms with E-state index < -0.39 is 29.5 Å². The Bertz CT molecular complexity index is 1330. The lowest BCUT2D eigenvalue weighted by Gasteiger charge is -2.31. The van der Waals surface area contributed by atoms with Crippen molar-refractivity contribution in [3.63, 3.8) is 0 Å². The number of halogens is 2. The van der Waals surface area contributed by atoms with Crippen LogP contribution in [0.4, 0.5) is 14.5 Å². The highest BCUT2D eigenvalue weighted by Gasteiger charge is 2.33. The Kier molecular flexibility index (Phi) is 7.41. The van der Waals surface area contributed by atoms with Crippen molar-refractivity contribution in [2.75, 3.05) is 25.6 Å². The van der Waals surface area contributed by atoms with Crippen molar-refractivity contribution in [1.29, 1.82) is 0 Å². The molecule has 4 rings (SSSR count). The highest BCUT2D eigenvalue weighted by Crippen LogP contribution is 2.26. The number of methoxy groups -OCH3 is 1. The first-order valence-corrected chi connectivity index (χ1v) is 10.9.